The zero-order chi connectivity index (χ0) is 14.3. The Kier molecular flexibility index (Phi) is 2.84. The lowest BCUT2D eigenvalue weighted by Gasteiger charge is -2.23. The monoisotopic (exact) mass is 275 g/mol. The summed E-state index contributed by atoms with van der Waals surface area (Å²) in [6.45, 7) is 3.11. The molecule has 0 saturated carbocycles. The molecule has 0 aromatic carbocycles. The maximum atomic E-state index is 11.5. The fraction of sp³-hybridized carbons (Fsp3) is 0.538. The molecule has 1 unspecified atom stereocenters. The average molecular weight is 275 g/mol. The van der Waals surface area contributed by atoms with Crippen LogP contribution in [-0.4, -0.2) is 43.9 Å². The summed E-state index contributed by atoms with van der Waals surface area (Å²) < 4.78 is 1.70. The van der Waals surface area contributed by atoms with E-state index in [-0.39, 0.29) is 0 Å². The number of hydrogen-bond acceptors (Lipinski definition) is 5. The van der Waals surface area contributed by atoms with E-state index in [2.05, 4.69) is 15.1 Å². The van der Waals surface area contributed by atoms with Crippen molar-refractivity contribution in [1.29, 1.82) is 0 Å². The van der Waals surface area contributed by atoms with Crippen LogP contribution in [0.5, 0.6) is 0 Å². The van der Waals surface area contributed by atoms with Crippen molar-refractivity contribution in [2.24, 2.45) is 12.5 Å². The lowest BCUT2D eigenvalue weighted by molar-refractivity contribution is -0.147. The molecule has 106 valence electrons. The largest absolute Gasteiger partial charge is 0.481 e. The predicted octanol–water partition coefficient (Wildman–Crippen LogP) is 1.05. The van der Waals surface area contributed by atoms with E-state index in [4.69, 9.17) is 0 Å². The quantitative estimate of drug-likeness (QED) is 0.901. The number of aromatic nitrogens is 4. The number of anilines is 1. The van der Waals surface area contributed by atoms with E-state index in [0.29, 0.717) is 25.9 Å². The van der Waals surface area contributed by atoms with Crippen LogP contribution in [-0.2, 0) is 11.8 Å². The molecule has 1 fully saturated rings. The fourth-order valence-electron chi connectivity index (χ4n) is 2.87. The van der Waals surface area contributed by atoms with Crippen LogP contribution in [0.25, 0.3) is 11.0 Å². The second kappa shape index (κ2) is 4.43. The van der Waals surface area contributed by atoms with Crippen LogP contribution >= 0.6 is 0 Å². The van der Waals surface area contributed by atoms with Gasteiger partial charge in [0.05, 0.1) is 17.0 Å². The Labute approximate surface area is 116 Å². The molecule has 0 bridgehead atoms. The summed E-state index contributed by atoms with van der Waals surface area (Å²) in [5.74, 6) is 0.0543. The summed E-state index contributed by atoms with van der Waals surface area (Å²) >= 11 is 0. The number of aliphatic carboxylic acids is 1. The van der Waals surface area contributed by atoms with E-state index >= 15 is 0 Å². The number of carbonyl (C=O) groups is 1. The van der Waals surface area contributed by atoms with Crippen molar-refractivity contribution in [2.75, 3.05) is 18.0 Å². The SMILES string of the molecule is CCC1(C(=O)O)CCN(c2ncnc3c2cnn3C)C1. The fourth-order valence-corrected chi connectivity index (χ4v) is 2.87. The molecule has 2 aromatic rings. The van der Waals surface area contributed by atoms with Crippen molar-refractivity contribution in [1.82, 2.24) is 19.7 Å². The van der Waals surface area contributed by atoms with Crippen LogP contribution in [0.15, 0.2) is 12.5 Å². The summed E-state index contributed by atoms with van der Waals surface area (Å²) in [6, 6.07) is 0. The first-order valence-corrected chi connectivity index (χ1v) is 6.68. The summed E-state index contributed by atoms with van der Waals surface area (Å²) in [5, 5.41) is 14.5. The van der Waals surface area contributed by atoms with E-state index < -0.39 is 11.4 Å². The lowest BCUT2D eigenvalue weighted by Crippen LogP contribution is -2.34. The van der Waals surface area contributed by atoms with Gasteiger partial charge in [-0.1, -0.05) is 6.92 Å². The van der Waals surface area contributed by atoms with Gasteiger partial charge in [0.2, 0.25) is 0 Å². The van der Waals surface area contributed by atoms with Gasteiger partial charge in [-0.25, -0.2) is 9.97 Å². The highest BCUT2D eigenvalue weighted by molar-refractivity contribution is 5.87. The number of nitrogens with zero attached hydrogens (tertiary/aromatic N) is 5. The molecule has 1 atom stereocenters. The molecule has 0 spiro atoms. The molecule has 3 heterocycles. The third-order valence-electron chi connectivity index (χ3n) is 4.29. The first-order chi connectivity index (χ1) is 9.57. The van der Waals surface area contributed by atoms with Crippen molar-refractivity contribution >= 4 is 22.8 Å². The minimum absolute atomic E-state index is 0.486. The Hall–Kier alpha value is -2.18. The average Bonchev–Trinajstić information content (AvgIpc) is 3.04. The molecule has 7 heteroatoms. The topological polar surface area (TPSA) is 84.1 Å². The second-order valence-electron chi connectivity index (χ2n) is 5.31. The smallest absolute Gasteiger partial charge is 0.311 e. The van der Waals surface area contributed by atoms with E-state index in [0.717, 1.165) is 16.9 Å². The normalized spacial score (nSPS) is 22.6. The molecule has 0 radical (unpaired) electrons. The van der Waals surface area contributed by atoms with Crippen molar-refractivity contribution in [2.45, 2.75) is 19.8 Å². The third-order valence-corrected chi connectivity index (χ3v) is 4.29. The van der Waals surface area contributed by atoms with Gasteiger partial charge in [-0.05, 0) is 12.8 Å². The molecular weight excluding hydrogens is 258 g/mol. The lowest BCUT2D eigenvalue weighted by atomic mass is 9.84. The Morgan fingerprint density at radius 2 is 2.30 bits per heavy atom. The van der Waals surface area contributed by atoms with Gasteiger partial charge >= 0.3 is 5.97 Å². The van der Waals surface area contributed by atoms with E-state index in [9.17, 15) is 9.90 Å². The number of rotatable bonds is 3. The van der Waals surface area contributed by atoms with Crippen molar-refractivity contribution in [3.63, 3.8) is 0 Å². The van der Waals surface area contributed by atoms with E-state index in [1.165, 1.54) is 6.33 Å². The van der Waals surface area contributed by atoms with Gasteiger partial charge in [0, 0.05) is 20.1 Å². The van der Waals surface area contributed by atoms with Crippen molar-refractivity contribution in [3.05, 3.63) is 12.5 Å². The Bertz CT molecular complexity index is 668. The van der Waals surface area contributed by atoms with Gasteiger partial charge in [0.15, 0.2) is 5.65 Å². The molecule has 1 aliphatic heterocycles. The summed E-state index contributed by atoms with van der Waals surface area (Å²) in [5.41, 5.74) is 0.0961. The van der Waals surface area contributed by atoms with Crippen molar-refractivity contribution in [3.8, 4) is 0 Å². The van der Waals surface area contributed by atoms with Gasteiger partial charge in [-0.2, -0.15) is 5.10 Å². The number of fused-ring (bicyclic) bond motifs is 1. The molecule has 3 rings (SSSR count). The van der Waals surface area contributed by atoms with Crippen LogP contribution in [0.4, 0.5) is 5.82 Å². The summed E-state index contributed by atoms with van der Waals surface area (Å²) in [7, 11) is 1.83. The minimum atomic E-state index is -0.723. The van der Waals surface area contributed by atoms with Gasteiger partial charge in [-0.3, -0.25) is 9.48 Å². The number of carboxylic acids is 1. The highest BCUT2D eigenvalue weighted by atomic mass is 16.4. The molecule has 7 nitrogen and oxygen atoms in total. The number of carboxylic acid groups (broad SMARTS) is 1. The predicted molar refractivity (Wildman–Crippen MR) is 73.5 cm³/mol. The molecule has 0 amide bonds. The van der Waals surface area contributed by atoms with Crippen LogP contribution < -0.4 is 4.90 Å². The summed E-state index contributed by atoms with van der Waals surface area (Å²) in [6.07, 6.45) is 4.51. The molecule has 0 aliphatic carbocycles. The van der Waals surface area contributed by atoms with Gasteiger partial charge in [0.25, 0.3) is 0 Å². The number of aryl methyl sites for hydroxylation is 1. The van der Waals surface area contributed by atoms with Gasteiger partial charge < -0.3 is 10.0 Å². The van der Waals surface area contributed by atoms with E-state index in [1.54, 1.807) is 10.9 Å². The van der Waals surface area contributed by atoms with Crippen LogP contribution in [0, 0.1) is 5.41 Å². The van der Waals surface area contributed by atoms with Gasteiger partial charge in [0.1, 0.15) is 12.1 Å². The molecule has 1 N–H and O–H groups in total. The van der Waals surface area contributed by atoms with Crippen molar-refractivity contribution < 1.29 is 9.90 Å². The highest BCUT2D eigenvalue weighted by Gasteiger charge is 2.44. The third kappa shape index (κ3) is 1.73. The van der Waals surface area contributed by atoms with E-state index in [1.807, 2.05) is 18.9 Å². The van der Waals surface area contributed by atoms with Crippen LogP contribution in [0.1, 0.15) is 19.8 Å². The summed E-state index contributed by atoms with van der Waals surface area (Å²) in [4.78, 5) is 22.1. The first-order valence-electron chi connectivity index (χ1n) is 6.68. The highest BCUT2D eigenvalue weighted by Crippen LogP contribution is 2.37. The minimum Gasteiger partial charge on any atom is -0.481 e. The number of hydrogen-bond donors (Lipinski definition) is 1. The molecule has 20 heavy (non-hydrogen) atoms. The Morgan fingerprint density at radius 1 is 1.50 bits per heavy atom. The Balaban J connectivity index is 1.99. The molecule has 1 saturated heterocycles. The maximum Gasteiger partial charge on any atom is 0.311 e. The first kappa shape index (κ1) is 12.8. The molecule has 1 aliphatic rings. The molecule has 2 aromatic heterocycles. The standard InChI is InChI=1S/C13H17N5O2/c1-3-13(12(19)20)4-5-18(7-13)11-9-6-16-17(2)10(9)14-8-15-11/h6,8H,3-5,7H2,1-2H3,(H,19,20). The van der Waals surface area contributed by atoms with Gasteiger partial charge in [-0.15, -0.1) is 0 Å². The zero-order valence-electron chi connectivity index (χ0n) is 11.6. The van der Waals surface area contributed by atoms with Crippen LogP contribution in [0.2, 0.25) is 0 Å². The second-order valence-corrected chi connectivity index (χ2v) is 5.31. The molecular formula is C13H17N5O2. The maximum absolute atomic E-state index is 11.5. The zero-order valence-corrected chi connectivity index (χ0v) is 11.6. The van der Waals surface area contributed by atoms with Crippen LogP contribution in [0.3, 0.4) is 0 Å². The Morgan fingerprint density at radius 3 is 2.95 bits per heavy atom.